The predicted molar refractivity (Wildman–Crippen MR) is 103 cm³/mol. The van der Waals surface area contributed by atoms with Crippen LogP contribution in [0.2, 0.25) is 15.1 Å². The minimum Gasteiger partial charge on any atom is -0.467 e. The van der Waals surface area contributed by atoms with E-state index in [1.54, 1.807) is 18.4 Å². The van der Waals surface area contributed by atoms with Crippen LogP contribution < -0.4 is 10.5 Å². The number of anilines is 1. The molecule has 1 fully saturated rings. The van der Waals surface area contributed by atoms with E-state index in [-0.39, 0.29) is 16.1 Å². The van der Waals surface area contributed by atoms with E-state index < -0.39 is 5.56 Å². The number of benzene rings is 1. The van der Waals surface area contributed by atoms with Crippen LogP contribution in [-0.2, 0) is 0 Å². The maximum absolute atomic E-state index is 12.3. The van der Waals surface area contributed by atoms with Gasteiger partial charge in [-0.05, 0) is 43.2 Å². The number of halogens is 3. The van der Waals surface area contributed by atoms with Crippen LogP contribution in [0.15, 0.2) is 52.0 Å². The SMILES string of the molecule is O=c1c(Cl)c(Cl)cnn1-c1ccc(N2CCCC2c2ccco2)c(Cl)c1. The van der Waals surface area contributed by atoms with Crippen molar-refractivity contribution in [3.8, 4) is 5.69 Å². The quantitative estimate of drug-likeness (QED) is 0.601. The predicted octanol–water partition coefficient (Wildman–Crippen LogP) is 5.13. The first-order valence-corrected chi connectivity index (χ1v) is 9.23. The van der Waals surface area contributed by atoms with Crippen molar-refractivity contribution >= 4 is 40.5 Å². The summed E-state index contributed by atoms with van der Waals surface area (Å²) < 4.78 is 6.75. The lowest BCUT2D eigenvalue weighted by atomic mass is 10.1. The minimum atomic E-state index is -0.488. The van der Waals surface area contributed by atoms with Gasteiger partial charge in [-0.2, -0.15) is 9.78 Å². The standard InChI is InChI=1S/C18H14Cl3N3O2/c19-12-9-11(24-18(25)17(21)13(20)10-22-24)5-6-14(12)23-7-1-3-15(23)16-4-2-8-26-16/h2,4-6,8-10,15H,1,3,7H2. The van der Waals surface area contributed by atoms with Crippen molar-refractivity contribution in [3.63, 3.8) is 0 Å². The summed E-state index contributed by atoms with van der Waals surface area (Å²) in [4.78, 5) is 14.5. The van der Waals surface area contributed by atoms with Gasteiger partial charge >= 0.3 is 0 Å². The van der Waals surface area contributed by atoms with Crippen molar-refractivity contribution in [1.29, 1.82) is 0 Å². The molecule has 0 radical (unpaired) electrons. The molecule has 0 saturated carbocycles. The molecule has 1 aromatic carbocycles. The lowest BCUT2D eigenvalue weighted by Crippen LogP contribution is -2.23. The molecule has 3 aromatic rings. The third kappa shape index (κ3) is 3.00. The Hall–Kier alpha value is -1.95. The molecule has 1 unspecified atom stereocenters. The van der Waals surface area contributed by atoms with E-state index in [9.17, 15) is 4.79 Å². The van der Waals surface area contributed by atoms with Crippen molar-refractivity contribution < 1.29 is 4.42 Å². The number of hydrogen-bond acceptors (Lipinski definition) is 4. The fourth-order valence-corrected chi connectivity index (χ4v) is 3.83. The third-order valence-corrected chi connectivity index (χ3v) is 5.54. The molecule has 2 aromatic heterocycles. The van der Waals surface area contributed by atoms with Gasteiger partial charge in [-0.1, -0.05) is 34.8 Å². The second-order valence-corrected chi connectivity index (χ2v) is 7.22. The molecule has 1 aliphatic rings. The van der Waals surface area contributed by atoms with Crippen molar-refractivity contribution in [2.24, 2.45) is 0 Å². The van der Waals surface area contributed by atoms with Crippen molar-refractivity contribution in [1.82, 2.24) is 9.78 Å². The maximum Gasteiger partial charge on any atom is 0.291 e. The summed E-state index contributed by atoms with van der Waals surface area (Å²) in [5, 5.41) is 4.61. The average Bonchev–Trinajstić information content (AvgIpc) is 3.31. The van der Waals surface area contributed by atoms with Crippen LogP contribution in [0.3, 0.4) is 0 Å². The van der Waals surface area contributed by atoms with Gasteiger partial charge in [-0.15, -0.1) is 0 Å². The van der Waals surface area contributed by atoms with E-state index >= 15 is 0 Å². The molecule has 0 amide bonds. The van der Waals surface area contributed by atoms with Crippen LogP contribution >= 0.6 is 34.8 Å². The molecule has 26 heavy (non-hydrogen) atoms. The van der Waals surface area contributed by atoms with Crippen molar-refractivity contribution in [3.05, 3.63) is 74.0 Å². The number of nitrogens with zero attached hydrogens (tertiary/aromatic N) is 3. The summed E-state index contributed by atoms with van der Waals surface area (Å²) in [5.74, 6) is 0.921. The van der Waals surface area contributed by atoms with Crippen molar-refractivity contribution in [2.75, 3.05) is 11.4 Å². The highest BCUT2D eigenvalue weighted by Gasteiger charge is 2.29. The van der Waals surface area contributed by atoms with E-state index in [4.69, 9.17) is 39.2 Å². The molecule has 0 bridgehead atoms. The molecule has 0 spiro atoms. The minimum absolute atomic E-state index is 0.0701. The van der Waals surface area contributed by atoms with Gasteiger partial charge in [0.2, 0.25) is 0 Å². The topological polar surface area (TPSA) is 51.3 Å². The van der Waals surface area contributed by atoms with Gasteiger partial charge in [0, 0.05) is 6.54 Å². The Balaban J connectivity index is 1.71. The first-order chi connectivity index (χ1) is 12.6. The maximum atomic E-state index is 12.3. The zero-order valence-electron chi connectivity index (χ0n) is 13.5. The molecule has 134 valence electrons. The molecule has 1 atom stereocenters. The van der Waals surface area contributed by atoms with Gasteiger partial charge in [0.15, 0.2) is 0 Å². The van der Waals surface area contributed by atoms with Crippen LogP contribution in [0.25, 0.3) is 5.69 Å². The molecule has 1 aliphatic heterocycles. The molecule has 3 heterocycles. The van der Waals surface area contributed by atoms with Crippen LogP contribution in [0.5, 0.6) is 0 Å². The zero-order valence-corrected chi connectivity index (χ0v) is 15.8. The van der Waals surface area contributed by atoms with Gasteiger partial charge in [0.25, 0.3) is 5.56 Å². The van der Waals surface area contributed by atoms with Gasteiger partial charge in [0.05, 0.1) is 39.9 Å². The van der Waals surface area contributed by atoms with E-state index in [0.717, 1.165) is 30.8 Å². The van der Waals surface area contributed by atoms with Crippen LogP contribution in [-0.4, -0.2) is 16.3 Å². The molecular formula is C18H14Cl3N3O2. The smallest absolute Gasteiger partial charge is 0.291 e. The molecule has 1 saturated heterocycles. The normalized spacial score (nSPS) is 17.0. The van der Waals surface area contributed by atoms with Crippen molar-refractivity contribution in [2.45, 2.75) is 18.9 Å². The fourth-order valence-electron chi connectivity index (χ4n) is 3.29. The largest absolute Gasteiger partial charge is 0.467 e. The Labute approximate surface area is 164 Å². The Kier molecular flexibility index (Phi) is 4.69. The fraction of sp³-hybridized carbons (Fsp3) is 0.222. The Bertz CT molecular complexity index is 1000. The first-order valence-electron chi connectivity index (χ1n) is 8.09. The second-order valence-electron chi connectivity index (χ2n) is 6.03. The highest BCUT2D eigenvalue weighted by molar-refractivity contribution is 6.41. The number of aromatic nitrogens is 2. The Morgan fingerprint density at radius 2 is 2.00 bits per heavy atom. The second kappa shape index (κ2) is 6.99. The highest BCUT2D eigenvalue weighted by Crippen LogP contribution is 2.40. The van der Waals surface area contributed by atoms with E-state index in [1.807, 2.05) is 18.2 Å². The van der Waals surface area contributed by atoms with Crippen LogP contribution in [0.4, 0.5) is 5.69 Å². The van der Waals surface area contributed by atoms with Gasteiger partial charge in [0.1, 0.15) is 10.8 Å². The first kappa shape index (κ1) is 17.5. The molecule has 4 rings (SSSR count). The van der Waals surface area contributed by atoms with Gasteiger partial charge in [-0.3, -0.25) is 4.79 Å². The summed E-state index contributed by atoms with van der Waals surface area (Å²) in [6.45, 7) is 0.884. The highest BCUT2D eigenvalue weighted by atomic mass is 35.5. The average molecular weight is 411 g/mol. The molecular weight excluding hydrogens is 397 g/mol. The lowest BCUT2D eigenvalue weighted by molar-refractivity contribution is 0.465. The van der Waals surface area contributed by atoms with E-state index in [2.05, 4.69) is 10.00 Å². The summed E-state index contributed by atoms with van der Waals surface area (Å²) in [7, 11) is 0. The summed E-state index contributed by atoms with van der Waals surface area (Å²) >= 11 is 18.3. The monoisotopic (exact) mass is 409 g/mol. The zero-order chi connectivity index (χ0) is 18.3. The van der Waals surface area contributed by atoms with E-state index in [1.165, 1.54) is 10.9 Å². The molecule has 8 heteroatoms. The molecule has 5 nitrogen and oxygen atoms in total. The third-order valence-electron chi connectivity index (χ3n) is 4.49. The molecule has 0 N–H and O–H groups in total. The lowest BCUT2D eigenvalue weighted by Gasteiger charge is -2.26. The molecule has 0 aliphatic carbocycles. The number of hydrogen-bond donors (Lipinski definition) is 0. The Morgan fingerprint density at radius 1 is 1.15 bits per heavy atom. The summed E-state index contributed by atoms with van der Waals surface area (Å²) in [6.07, 6.45) is 5.07. The van der Waals surface area contributed by atoms with Gasteiger partial charge in [-0.25, -0.2) is 0 Å². The number of furan rings is 1. The van der Waals surface area contributed by atoms with Gasteiger partial charge < -0.3 is 9.32 Å². The summed E-state index contributed by atoms with van der Waals surface area (Å²) in [6, 6.07) is 9.39. The van der Waals surface area contributed by atoms with E-state index in [0.29, 0.717) is 10.7 Å². The van der Waals surface area contributed by atoms with Crippen LogP contribution in [0, 0.1) is 0 Å². The number of rotatable bonds is 3. The Morgan fingerprint density at radius 3 is 2.73 bits per heavy atom. The summed E-state index contributed by atoms with van der Waals surface area (Å²) in [5.41, 5.74) is 0.927. The van der Waals surface area contributed by atoms with Crippen LogP contribution in [0.1, 0.15) is 24.6 Å².